The van der Waals surface area contributed by atoms with Crippen LogP contribution in [0.1, 0.15) is 41.0 Å². The second kappa shape index (κ2) is 3.83. The lowest BCUT2D eigenvalue weighted by Gasteiger charge is -2.18. The average molecular weight is 168 g/mol. The second-order valence-corrected chi connectivity index (χ2v) is 4.68. The minimum atomic E-state index is -0.102. The van der Waals surface area contributed by atoms with E-state index < -0.39 is 0 Å². The first-order valence-electron chi connectivity index (χ1n) is 4.32. The highest BCUT2D eigenvalue weighted by molar-refractivity contribution is 4.85. The molecule has 0 aliphatic carbocycles. The van der Waals surface area contributed by atoms with Gasteiger partial charge >= 0.3 is 0 Å². The molecule has 2 heteroatoms. The molecule has 0 fully saturated rings. The molecule has 0 amide bonds. The molecule has 0 rings (SSSR count). The Bertz CT molecular complexity index is 173. The lowest BCUT2D eigenvalue weighted by atomic mass is 10.0. The highest BCUT2D eigenvalue weighted by Crippen LogP contribution is 2.18. The topological polar surface area (TPSA) is 24.7 Å². The first-order chi connectivity index (χ1) is 5.27. The van der Waals surface area contributed by atoms with Gasteiger partial charge in [0.15, 0.2) is 0 Å². The maximum absolute atomic E-state index is 4.27. The van der Waals surface area contributed by atoms with Gasteiger partial charge in [-0.1, -0.05) is 6.08 Å². The Labute approximate surface area is 75.8 Å². The fourth-order valence-corrected chi connectivity index (χ4v) is 0.679. The normalized spacial score (nSPS) is 13.8. The highest BCUT2D eigenvalue weighted by atomic mass is 15.2. The van der Waals surface area contributed by atoms with Gasteiger partial charge in [-0.25, -0.2) is 0 Å². The van der Waals surface area contributed by atoms with Gasteiger partial charge in [-0.3, -0.25) is 0 Å². The molecule has 0 radical (unpaired) electrons. The standard InChI is InChI=1S/C10H20N2/c1-7-8-10(5,6)12-11-9(2,3)4/h7H,1,8H2,2-6H3. The Hall–Kier alpha value is -0.660. The van der Waals surface area contributed by atoms with Crippen molar-refractivity contribution in [3.8, 4) is 0 Å². The Kier molecular flexibility index (Phi) is 3.62. The maximum Gasteiger partial charge on any atom is 0.0794 e. The summed E-state index contributed by atoms with van der Waals surface area (Å²) in [5, 5.41) is 8.49. The Balaban J connectivity index is 4.22. The summed E-state index contributed by atoms with van der Waals surface area (Å²) in [4.78, 5) is 0. The van der Waals surface area contributed by atoms with Crippen molar-refractivity contribution in [3.05, 3.63) is 12.7 Å². The van der Waals surface area contributed by atoms with Gasteiger partial charge in [0.25, 0.3) is 0 Å². The monoisotopic (exact) mass is 168 g/mol. The lowest BCUT2D eigenvalue weighted by molar-refractivity contribution is 0.442. The third-order valence-corrected chi connectivity index (χ3v) is 1.26. The van der Waals surface area contributed by atoms with Crippen molar-refractivity contribution in [1.82, 2.24) is 0 Å². The SMILES string of the molecule is C=CCC(C)(C)N=NC(C)(C)C. The van der Waals surface area contributed by atoms with E-state index in [-0.39, 0.29) is 11.1 Å². The highest BCUT2D eigenvalue weighted by Gasteiger charge is 2.16. The van der Waals surface area contributed by atoms with E-state index >= 15 is 0 Å². The van der Waals surface area contributed by atoms with E-state index in [1.165, 1.54) is 0 Å². The zero-order valence-corrected chi connectivity index (χ0v) is 8.89. The van der Waals surface area contributed by atoms with Crippen molar-refractivity contribution in [2.45, 2.75) is 52.1 Å². The van der Waals surface area contributed by atoms with Crippen LogP contribution in [0.2, 0.25) is 0 Å². The molecule has 0 N–H and O–H groups in total. The molecule has 0 aromatic heterocycles. The molecule has 0 aliphatic rings. The van der Waals surface area contributed by atoms with Gasteiger partial charge in [-0.2, -0.15) is 10.2 Å². The van der Waals surface area contributed by atoms with E-state index in [0.717, 1.165) is 6.42 Å². The number of nitrogens with zero attached hydrogens (tertiary/aromatic N) is 2. The smallest absolute Gasteiger partial charge is 0.0794 e. The van der Waals surface area contributed by atoms with Crippen molar-refractivity contribution < 1.29 is 0 Å². The predicted octanol–water partition coefficient (Wildman–Crippen LogP) is 3.59. The number of hydrogen-bond acceptors (Lipinski definition) is 2. The van der Waals surface area contributed by atoms with Gasteiger partial charge in [-0.15, -0.1) is 6.58 Å². The fourth-order valence-electron chi connectivity index (χ4n) is 0.679. The van der Waals surface area contributed by atoms with Crippen molar-refractivity contribution in [2.75, 3.05) is 0 Å². The van der Waals surface area contributed by atoms with Gasteiger partial charge in [0.1, 0.15) is 0 Å². The summed E-state index contributed by atoms with van der Waals surface area (Å²) in [5.74, 6) is 0. The van der Waals surface area contributed by atoms with Crippen LogP contribution in [0.25, 0.3) is 0 Å². The Morgan fingerprint density at radius 2 is 1.58 bits per heavy atom. The van der Waals surface area contributed by atoms with Crippen LogP contribution in [-0.2, 0) is 0 Å². The molecular weight excluding hydrogens is 148 g/mol. The van der Waals surface area contributed by atoms with Gasteiger partial charge in [0.2, 0.25) is 0 Å². The van der Waals surface area contributed by atoms with Crippen LogP contribution in [0.3, 0.4) is 0 Å². The number of azo groups is 1. The van der Waals surface area contributed by atoms with Gasteiger partial charge in [0, 0.05) is 0 Å². The summed E-state index contributed by atoms with van der Waals surface area (Å²) < 4.78 is 0. The number of hydrogen-bond donors (Lipinski definition) is 0. The van der Waals surface area contributed by atoms with Crippen LogP contribution in [-0.4, -0.2) is 11.1 Å². The Morgan fingerprint density at radius 1 is 1.08 bits per heavy atom. The largest absolute Gasteiger partial charge is 0.188 e. The van der Waals surface area contributed by atoms with Crippen LogP contribution in [0.4, 0.5) is 0 Å². The van der Waals surface area contributed by atoms with Crippen LogP contribution in [0, 0.1) is 0 Å². The average Bonchev–Trinajstić information content (AvgIpc) is 1.83. The third-order valence-electron chi connectivity index (χ3n) is 1.26. The predicted molar refractivity (Wildman–Crippen MR) is 53.5 cm³/mol. The van der Waals surface area contributed by atoms with Gasteiger partial charge < -0.3 is 0 Å². The Morgan fingerprint density at radius 3 is 1.92 bits per heavy atom. The van der Waals surface area contributed by atoms with E-state index in [0.29, 0.717) is 0 Å². The quantitative estimate of drug-likeness (QED) is 0.454. The van der Waals surface area contributed by atoms with E-state index in [9.17, 15) is 0 Å². The third kappa shape index (κ3) is 6.08. The lowest BCUT2D eigenvalue weighted by Crippen LogP contribution is -2.17. The molecule has 0 heterocycles. The summed E-state index contributed by atoms with van der Waals surface area (Å²) in [6, 6.07) is 0. The molecule has 12 heavy (non-hydrogen) atoms. The second-order valence-electron chi connectivity index (χ2n) is 4.68. The number of rotatable bonds is 3. The molecule has 0 saturated heterocycles. The van der Waals surface area contributed by atoms with Gasteiger partial charge in [-0.05, 0) is 41.0 Å². The molecule has 0 aliphatic heterocycles. The van der Waals surface area contributed by atoms with Crippen LogP contribution >= 0.6 is 0 Å². The summed E-state index contributed by atoms with van der Waals surface area (Å²) in [6.07, 6.45) is 2.74. The molecule has 0 unspecified atom stereocenters. The van der Waals surface area contributed by atoms with Crippen molar-refractivity contribution in [2.24, 2.45) is 10.2 Å². The van der Waals surface area contributed by atoms with E-state index in [4.69, 9.17) is 0 Å². The van der Waals surface area contributed by atoms with E-state index in [1.807, 2.05) is 26.8 Å². The van der Waals surface area contributed by atoms with Crippen molar-refractivity contribution in [3.63, 3.8) is 0 Å². The molecule has 70 valence electrons. The van der Waals surface area contributed by atoms with E-state index in [2.05, 4.69) is 30.7 Å². The molecule has 0 bridgehead atoms. The molecule has 0 aromatic rings. The minimum absolute atomic E-state index is 0.0710. The minimum Gasteiger partial charge on any atom is -0.188 e. The van der Waals surface area contributed by atoms with Crippen LogP contribution in [0.15, 0.2) is 22.9 Å². The summed E-state index contributed by atoms with van der Waals surface area (Å²) in [7, 11) is 0. The summed E-state index contributed by atoms with van der Waals surface area (Å²) in [5.41, 5.74) is -0.173. The molecule has 2 nitrogen and oxygen atoms in total. The van der Waals surface area contributed by atoms with Crippen molar-refractivity contribution in [1.29, 1.82) is 0 Å². The zero-order valence-electron chi connectivity index (χ0n) is 8.89. The fraction of sp³-hybridized carbons (Fsp3) is 0.800. The van der Waals surface area contributed by atoms with Crippen LogP contribution in [0.5, 0.6) is 0 Å². The van der Waals surface area contributed by atoms with E-state index in [1.54, 1.807) is 0 Å². The first kappa shape index (κ1) is 11.3. The van der Waals surface area contributed by atoms with Gasteiger partial charge in [0.05, 0.1) is 11.1 Å². The molecule has 0 atom stereocenters. The molecule has 0 saturated carbocycles. The van der Waals surface area contributed by atoms with Crippen molar-refractivity contribution >= 4 is 0 Å². The first-order valence-corrected chi connectivity index (χ1v) is 4.32. The maximum atomic E-state index is 4.27. The molecular formula is C10H20N2. The molecule has 0 spiro atoms. The van der Waals surface area contributed by atoms with Crippen LogP contribution < -0.4 is 0 Å². The zero-order chi connectivity index (χ0) is 9.83. The summed E-state index contributed by atoms with van der Waals surface area (Å²) >= 11 is 0. The molecule has 0 aromatic carbocycles. The summed E-state index contributed by atoms with van der Waals surface area (Å²) in [6.45, 7) is 13.9.